The molecule has 0 radical (unpaired) electrons. The van der Waals surface area contributed by atoms with Crippen LogP contribution in [0.5, 0.6) is 5.75 Å². The molecule has 0 aliphatic heterocycles. The fraction of sp³-hybridized carbons (Fsp3) is 0.375. The molecular weight excluding hydrogens is 270 g/mol. The molecular formula is C16H19NO4. The minimum Gasteiger partial charge on any atom is -0.494 e. The molecule has 1 rings (SSSR count). The molecule has 1 aromatic rings. The van der Waals surface area contributed by atoms with Gasteiger partial charge in [0.2, 0.25) is 5.91 Å². The van der Waals surface area contributed by atoms with Gasteiger partial charge in [-0.15, -0.1) is 12.3 Å². The molecule has 5 heteroatoms. The molecule has 0 fully saturated rings. The summed E-state index contributed by atoms with van der Waals surface area (Å²) in [6, 6.07) is 6.60. The third-order valence-electron chi connectivity index (χ3n) is 2.76. The Kier molecular flexibility index (Phi) is 6.82. The predicted molar refractivity (Wildman–Crippen MR) is 78.9 cm³/mol. The Hall–Kier alpha value is -2.48. The molecule has 0 heterocycles. The molecule has 1 amide bonds. The van der Waals surface area contributed by atoms with Crippen LogP contribution in [-0.2, 0) is 9.59 Å². The van der Waals surface area contributed by atoms with Crippen molar-refractivity contribution in [1.29, 1.82) is 0 Å². The average Bonchev–Trinajstić information content (AvgIpc) is 2.43. The molecule has 0 bridgehead atoms. The summed E-state index contributed by atoms with van der Waals surface area (Å²) >= 11 is 0. The van der Waals surface area contributed by atoms with Crippen molar-refractivity contribution in [1.82, 2.24) is 5.32 Å². The maximum absolute atomic E-state index is 11.6. The van der Waals surface area contributed by atoms with Crippen molar-refractivity contribution < 1.29 is 19.4 Å². The smallest absolute Gasteiger partial charge is 0.327 e. The van der Waals surface area contributed by atoms with Gasteiger partial charge >= 0.3 is 5.97 Å². The molecule has 1 aromatic carbocycles. The van der Waals surface area contributed by atoms with Gasteiger partial charge in [0.05, 0.1) is 6.61 Å². The van der Waals surface area contributed by atoms with E-state index >= 15 is 0 Å². The van der Waals surface area contributed by atoms with Crippen molar-refractivity contribution in [3.8, 4) is 18.1 Å². The zero-order valence-corrected chi connectivity index (χ0v) is 12.0. The molecule has 2 N–H and O–H groups in total. The summed E-state index contributed by atoms with van der Waals surface area (Å²) in [5, 5.41) is 11.3. The van der Waals surface area contributed by atoms with Crippen molar-refractivity contribution in [2.45, 2.75) is 32.2 Å². The first-order valence-electron chi connectivity index (χ1n) is 6.68. The third kappa shape index (κ3) is 6.48. The molecule has 0 aromatic heterocycles. The van der Waals surface area contributed by atoms with Gasteiger partial charge in [-0.3, -0.25) is 4.79 Å². The van der Waals surface area contributed by atoms with E-state index in [-0.39, 0.29) is 18.7 Å². The van der Waals surface area contributed by atoms with E-state index in [2.05, 4.69) is 11.2 Å². The van der Waals surface area contributed by atoms with Crippen LogP contribution in [0.25, 0.3) is 0 Å². The van der Waals surface area contributed by atoms with E-state index in [1.54, 1.807) is 0 Å². The summed E-state index contributed by atoms with van der Waals surface area (Å²) in [6.07, 6.45) is 5.73. The zero-order chi connectivity index (χ0) is 15.7. The Balaban J connectivity index is 2.27. The van der Waals surface area contributed by atoms with Gasteiger partial charge in [0.15, 0.2) is 0 Å². The van der Waals surface area contributed by atoms with Crippen LogP contribution in [0.1, 0.15) is 24.8 Å². The van der Waals surface area contributed by atoms with Gasteiger partial charge in [0.25, 0.3) is 0 Å². The number of nitrogens with one attached hydrogen (secondary N) is 1. The number of carbonyl (C=O) groups is 2. The van der Waals surface area contributed by atoms with Crippen LogP contribution in [0, 0.1) is 19.3 Å². The Morgan fingerprint density at radius 2 is 2.24 bits per heavy atom. The summed E-state index contributed by atoms with van der Waals surface area (Å²) in [5.41, 5.74) is 1.10. The summed E-state index contributed by atoms with van der Waals surface area (Å²) in [4.78, 5) is 22.4. The number of carboxylic acids is 1. The Morgan fingerprint density at radius 3 is 2.86 bits per heavy atom. The number of terminal acetylenes is 1. The second kappa shape index (κ2) is 8.64. The molecule has 0 saturated carbocycles. The van der Waals surface area contributed by atoms with E-state index in [9.17, 15) is 9.59 Å². The molecule has 21 heavy (non-hydrogen) atoms. The number of amides is 1. The summed E-state index contributed by atoms with van der Waals surface area (Å²) < 4.78 is 5.51. The van der Waals surface area contributed by atoms with Crippen LogP contribution in [0.3, 0.4) is 0 Å². The van der Waals surface area contributed by atoms with E-state index in [1.165, 1.54) is 0 Å². The third-order valence-corrected chi connectivity index (χ3v) is 2.76. The van der Waals surface area contributed by atoms with E-state index in [0.29, 0.717) is 13.0 Å². The Labute approximate surface area is 124 Å². The molecule has 1 atom stereocenters. The highest BCUT2D eigenvalue weighted by molar-refractivity contribution is 5.83. The number of aliphatic carboxylic acids is 1. The summed E-state index contributed by atoms with van der Waals surface area (Å²) in [5.74, 6) is 1.51. The van der Waals surface area contributed by atoms with Crippen LogP contribution < -0.4 is 10.1 Å². The van der Waals surface area contributed by atoms with E-state index in [4.69, 9.17) is 16.3 Å². The minimum atomic E-state index is -1.13. The molecule has 0 spiro atoms. The second-order valence-electron chi connectivity index (χ2n) is 4.64. The first kappa shape index (κ1) is 16.6. The molecule has 5 nitrogen and oxygen atoms in total. The maximum Gasteiger partial charge on any atom is 0.327 e. The lowest BCUT2D eigenvalue weighted by Gasteiger charge is -2.12. The Morgan fingerprint density at radius 1 is 1.48 bits per heavy atom. The quantitative estimate of drug-likeness (QED) is 0.564. The SMILES string of the molecule is C#CCC(NC(=O)CCCOc1cccc(C)c1)C(=O)O. The largest absolute Gasteiger partial charge is 0.494 e. The highest BCUT2D eigenvalue weighted by atomic mass is 16.5. The number of carboxylic acid groups (broad SMARTS) is 1. The lowest BCUT2D eigenvalue weighted by atomic mass is 10.2. The first-order chi connectivity index (χ1) is 10.0. The number of rotatable bonds is 8. The van der Waals surface area contributed by atoms with E-state index in [0.717, 1.165) is 11.3 Å². The van der Waals surface area contributed by atoms with Crippen molar-refractivity contribution in [2.75, 3.05) is 6.61 Å². The average molecular weight is 289 g/mol. The van der Waals surface area contributed by atoms with Crippen LogP contribution in [0.4, 0.5) is 0 Å². The number of hydrogen-bond acceptors (Lipinski definition) is 3. The molecule has 0 saturated heterocycles. The van der Waals surface area contributed by atoms with Crippen LogP contribution in [0.2, 0.25) is 0 Å². The van der Waals surface area contributed by atoms with Gasteiger partial charge in [-0.2, -0.15) is 0 Å². The second-order valence-corrected chi connectivity index (χ2v) is 4.64. The van der Waals surface area contributed by atoms with Crippen molar-refractivity contribution in [3.63, 3.8) is 0 Å². The number of carbonyl (C=O) groups excluding carboxylic acids is 1. The van der Waals surface area contributed by atoms with Crippen molar-refractivity contribution in [2.24, 2.45) is 0 Å². The number of benzene rings is 1. The fourth-order valence-corrected chi connectivity index (χ4v) is 1.71. The van der Waals surface area contributed by atoms with E-state index in [1.807, 2.05) is 31.2 Å². The topological polar surface area (TPSA) is 75.6 Å². The van der Waals surface area contributed by atoms with Crippen LogP contribution in [0.15, 0.2) is 24.3 Å². The molecule has 112 valence electrons. The van der Waals surface area contributed by atoms with Crippen molar-refractivity contribution in [3.05, 3.63) is 29.8 Å². The number of hydrogen-bond donors (Lipinski definition) is 2. The summed E-state index contributed by atoms with van der Waals surface area (Å²) in [7, 11) is 0. The number of ether oxygens (including phenoxy) is 1. The van der Waals surface area contributed by atoms with Gasteiger partial charge in [-0.05, 0) is 31.0 Å². The highest BCUT2D eigenvalue weighted by Gasteiger charge is 2.18. The monoisotopic (exact) mass is 289 g/mol. The lowest BCUT2D eigenvalue weighted by Crippen LogP contribution is -2.40. The van der Waals surface area contributed by atoms with E-state index < -0.39 is 12.0 Å². The highest BCUT2D eigenvalue weighted by Crippen LogP contribution is 2.12. The molecule has 0 aliphatic carbocycles. The Bertz CT molecular complexity index is 533. The lowest BCUT2D eigenvalue weighted by molar-refractivity contribution is -0.141. The van der Waals surface area contributed by atoms with Crippen LogP contribution >= 0.6 is 0 Å². The fourth-order valence-electron chi connectivity index (χ4n) is 1.71. The molecule has 1 unspecified atom stereocenters. The zero-order valence-electron chi connectivity index (χ0n) is 12.0. The van der Waals surface area contributed by atoms with Gasteiger partial charge in [-0.25, -0.2) is 4.79 Å². The normalized spacial score (nSPS) is 11.2. The van der Waals surface area contributed by atoms with Gasteiger partial charge < -0.3 is 15.2 Å². The first-order valence-corrected chi connectivity index (χ1v) is 6.68. The minimum absolute atomic E-state index is 0.0269. The predicted octanol–water partition coefficient (Wildman–Crippen LogP) is 1.75. The standard InChI is InChI=1S/C16H19NO4/c1-3-6-14(16(19)20)17-15(18)9-5-10-21-13-8-4-7-12(2)11-13/h1,4,7-8,11,14H,5-6,9-10H2,2H3,(H,17,18)(H,19,20). The van der Waals surface area contributed by atoms with Gasteiger partial charge in [0, 0.05) is 12.8 Å². The molecule has 0 aliphatic rings. The summed E-state index contributed by atoms with van der Waals surface area (Å²) in [6.45, 7) is 2.36. The number of aryl methyl sites for hydroxylation is 1. The van der Waals surface area contributed by atoms with Crippen LogP contribution in [-0.4, -0.2) is 29.6 Å². The van der Waals surface area contributed by atoms with Gasteiger partial charge in [0.1, 0.15) is 11.8 Å². The van der Waals surface area contributed by atoms with Crippen molar-refractivity contribution >= 4 is 11.9 Å². The maximum atomic E-state index is 11.6. The van der Waals surface area contributed by atoms with Gasteiger partial charge in [-0.1, -0.05) is 12.1 Å².